The zero-order valence-electron chi connectivity index (χ0n) is 21.8. The number of rotatable bonds is 14. The number of unbranched alkanes of at least 4 members (excludes halogenated alkanes) is 1. The van der Waals surface area contributed by atoms with Gasteiger partial charge in [-0.25, -0.2) is 0 Å². The number of hydrogen-bond acceptors (Lipinski definition) is 4. The molecule has 0 saturated carbocycles. The molecule has 2 fully saturated rings. The van der Waals surface area contributed by atoms with Gasteiger partial charge in [0.2, 0.25) is 0 Å². The van der Waals surface area contributed by atoms with Crippen molar-refractivity contribution >= 4 is 11.1 Å². The summed E-state index contributed by atoms with van der Waals surface area (Å²) in [6, 6.07) is 17.1. The van der Waals surface area contributed by atoms with Crippen LogP contribution in [0.3, 0.4) is 0 Å². The second kappa shape index (κ2) is 12.1. The molecular weight excluding hydrogens is 448 g/mol. The summed E-state index contributed by atoms with van der Waals surface area (Å²) in [5, 5.41) is 0. The zero-order valence-corrected chi connectivity index (χ0v) is 21.8. The molecule has 4 unspecified atom stereocenters. The first-order valence-corrected chi connectivity index (χ1v) is 13.8. The molecule has 0 spiro atoms. The molecule has 2 saturated heterocycles. The molecule has 0 aromatic heterocycles. The van der Waals surface area contributed by atoms with Crippen LogP contribution in [-0.2, 0) is 9.47 Å². The fourth-order valence-corrected chi connectivity index (χ4v) is 5.04. The van der Waals surface area contributed by atoms with E-state index in [4.69, 9.17) is 18.9 Å². The molecular formula is C32H40O4. The summed E-state index contributed by atoms with van der Waals surface area (Å²) in [4.78, 5) is 0. The average Bonchev–Trinajstić information content (AvgIpc) is 3.84. The molecule has 2 aromatic carbocycles. The second-order valence-electron chi connectivity index (χ2n) is 10.4. The van der Waals surface area contributed by atoms with Gasteiger partial charge in [-0.1, -0.05) is 75.9 Å². The van der Waals surface area contributed by atoms with Crippen LogP contribution in [0.2, 0.25) is 0 Å². The highest BCUT2D eigenvalue weighted by Crippen LogP contribution is 2.35. The van der Waals surface area contributed by atoms with Gasteiger partial charge in [0.15, 0.2) is 0 Å². The highest BCUT2D eigenvalue weighted by atomic mass is 16.6. The maximum Gasteiger partial charge on any atom is 0.127 e. The zero-order chi connectivity index (χ0) is 24.7. The lowest BCUT2D eigenvalue weighted by Gasteiger charge is -2.23. The third-order valence-corrected chi connectivity index (χ3v) is 7.59. The molecule has 4 heteroatoms. The number of allylic oxidation sites excluding steroid dienone is 4. The Balaban J connectivity index is 1.21. The molecule has 0 N–H and O–H groups in total. The molecule has 4 atom stereocenters. The fourth-order valence-electron chi connectivity index (χ4n) is 5.04. The molecule has 2 aliphatic heterocycles. The van der Waals surface area contributed by atoms with Crippen molar-refractivity contribution in [2.75, 3.05) is 19.8 Å². The van der Waals surface area contributed by atoms with E-state index in [2.05, 4.69) is 74.5 Å². The summed E-state index contributed by atoms with van der Waals surface area (Å²) in [5.41, 5.74) is 5.25. The van der Waals surface area contributed by atoms with Gasteiger partial charge in [0, 0.05) is 0 Å². The number of epoxide rings is 2. The maximum absolute atomic E-state index is 6.53. The Bertz CT molecular complexity index is 1050. The Hall–Kier alpha value is -2.56. The Kier molecular flexibility index (Phi) is 8.45. The molecule has 2 aromatic rings. The Morgan fingerprint density at radius 1 is 0.889 bits per heavy atom. The maximum atomic E-state index is 6.53. The van der Waals surface area contributed by atoms with Gasteiger partial charge in [0.1, 0.15) is 36.4 Å². The highest BCUT2D eigenvalue weighted by Gasteiger charge is 2.36. The summed E-state index contributed by atoms with van der Waals surface area (Å²) in [6.07, 6.45) is 13.4. The molecule has 3 aliphatic rings. The Morgan fingerprint density at radius 3 is 2.28 bits per heavy atom. The molecule has 1 aliphatic carbocycles. The average molecular weight is 489 g/mol. The molecule has 0 radical (unpaired) electrons. The van der Waals surface area contributed by atoms with E-state index in [0.29, 0.717) is 12.5 Å². The van der Waals surface area contributed by atoms with Gasteiger partial charge < -0.3 is 18.9 Å². The van der Waals surface area contributed by atoms with Crippen LogP contribution in [0.5, 0.6) is 11.5 Å². The van der Waals surface area contributed by atoms with Gasteiger partial charge in [0.05, 0.1) is 13.2 Å². The van der Waals surface area contributed by atoms with Crippen LogP contribution in [0.15, 0.2) is 60.7 Å². The van der Waals surface area contributed by atoms with Crippen LogP contribution >= 0.6 is 0 Å². The summed E-state index contributed by atoms with van der Waals surface area (Å²) in [5.74, 6) is 2.57. The summed E-state index contributed by atoms with van der Waals surface area (Å²) < 4.78 is 23.2. The van der Waals surface area contributed by atoms with Crippen LogP contribution in [0.25, 0.3) is 11.1 Å². The normalized spacial score (nSPS) is 22.3. The molecule has 0 amide bonds. The van der Waals surface area contributed by atoms with Crippen LogP contribution in [-0.4, -0.2) is 38.1 Å². The van der Waals surface area contributed by atoms with Crippen molar-refractivity contribution < 1.29 is 18.9 Å². The van der Waals surface area contributed by atoms with Crippen molar-refractivity contribution in [3.63, 3.8) is 0 Å². The largest absolute Gasteiger partial charge is 0.491 e. The van der Waals surface area contributed by atoms with E-state index in [1.54, 1.807) is 0 Å². The van der Waals surface area contributed by atoms with Crippen LogP contribution in [0, 0.1) is 5.92 Å². The minimum Gasteiger partial charge on any atom is -0.491 e. The SMILES string of the molecule is CCCCC(CC)CC(Oc1cccc(C2=CC=C(c3ccc(OCC4CO4)cc3)CC2)c1)C1CO1. The van der Waals surface area contributed by atoms with E-state index < -0.39 is 0 Å². The standard InChI is InChI=1S/C32H40O4/c1-3-5-7-23(4-2)18-31(32-22-35-32)36-29-9-6-8-27(19-29)26-12-10-24(11-13-26)25-14-16-28(17-15-25)33-20-30-21-34-30/h6,8-10,12,14-17,19,23,30-32H,3-5,7,11,13,18,20-22H2,1-2H3. The fraction of sp³-hybridized carbons (Fsp3) is 0.500. The smallest absolute Gasteiger partial charge is 0.127 e. The third-order valence-electron chi connectivity index (χ3n) is 7.59. The monoisotopic (exact) mass is 488 g/mol. The predicted octanol–water partition coefficient (Wildman–Crippen LogP) is 7.48. The minimum absolute atomic E-state index is 0.151. The van der Waals surface area contributed by atoms with Crippen molar-refractivity contribution in [3.05, 3.63) is 71.8 Å². The molecule has 192 valence electrons. The van der Waals surface area contributed by atoms with Gasteiger partial charge in [-0.05, 0) is 71.7 Å². The van der Waals surface area contributed by atoms with Crippen LogP contribution < -0.4 is 9.47 Å². The Morgan fingerprint density at radius 2 is 1.64 bits per heavy atom. The van der Waals surface area contributed by atoms with Crippen molar-refractivity contribution in [1.29, 1.82) is 0 Å². The molecule has 0 bridgehead atoms. The third kappa shape index (κ3) is 7.02. The Labute approximate surface area is 216 Å². The predicted molar refractivity (Wildman–Crippen MR) is 145 cm³/mol. The van der Waals surface area contributed by atoms with Crippen LogP contribution in [0.4, 0.5) is 0 Å². The van der Waals surface area contributed by atoms with Gasteiger partial charge in [-0.3, -0.25) is 0 Å². The first-order chi connectivity index (χ1) is 17.7. The van der Waals surface area contributed by atoms with Gasteiger partial charge in [-0.2, -0.15) is 0 Å². The topological polar surface area (TPSA) is 43.5 Å². The van der Waals surface area contributed by atoms with E-state index >= 15 is 0 Å². The molecule has 36 heavy (non-hydrogen) atoms. The second-order valence-corrected chi connectivity index (χ2v) is 10.4. The van der Waals surface area contributed by atoms with E-state index in [0.717, 1.165) is 44.0 Å². The molecule has 4 nitrogen and oxygen atoms in total. The van der Waals surface area contributed by atoms with Crippen molar-refractivity contribution in [2.45, 2.75) is 77.1 Å². The van der Waals surface area contributed by atoms with Gasteiger partial charge >= 0.3 is 0 Å². The van der Waals surface area contributed by atoms with Crippen molar-refractivity contribution in [2.24, 2.45) is 5.92 Å². The molecule has 2 heterocycles. The lowest BCUT2D eigenvalue weighted by molar-refractivity contribution is 0.127. The summed E-state index contributed by atoms with van der Waals surface area (Å²) in [7, 11) is 0. The van der Waals surface area contributed by atoms with Gasteiger partial charge in [-0.15, -0.1) is 0 Å². The van der Waals surface area contributed by atoms with E-state index in [1.165, 1.54) is 48.0 Å². The summed E-state index contributed by atoms with van der Waals surface area (Å²) in [6.45, 7) is 6.86. The van der Waals surface area contributed by atoms with E-state index in [1.807, 2.05) is 0 Å². The van der Waals surface area contributed by atoms with Crippen LogP contribution in [0.1, 0.15) is 69.9 Å². The highest BCUT2D eigenvalue weighted by molar-refractivity contribution is 5.78. The van der Waals surface area contributed by atoms with Crippen molar-refractivity contribution in [1.82, 2.24) is 0 Å². The number of ether oxygens (including phenoxy) is 4. The first kappa shape index (κ1) is 25.1. The molecule has 5 rings (SSSR count). The lowest BCUT2D eigenvalue weighted by Crippen LogP contribution is -2.26. The lowest BCUT2D eigenvalue weighted by atomic mass is 9.90. The first-order valence-electron chi connectivity index (χ1n) is 13.8. The van der Waals surface area contributed by atoms with Gasteiger partial charge in [0.25, 0.3) is 0 Å². The quantitative estimate of drug-likeness (QED) is 0.259. The summed E-state index contributed by atoms with van der Waals surface area (Å²) >= 11 is 0. The minimum atomic E-state index is 0.151. The van der Waals surface area contributed by atoms with Crippen molar-refractivity contribution in [3.8, 4) is 11.5 Å². The number of benzene rings is 2. The van der Waals surface area contributed by atoms with E-state index in [-0.39, 0.29) is 18.3 Å². The number of hydrogen-bond donors (Lipinski definition) is 0. The van der Waals surface area contributed by atoms with E-state index in [9.17, 15) is 0 Å².